The average Bonchev–Trinajstić information content (AvgIpc) is 2.72. The second-order valence-corrected chi connectivity index (χ2v) is 8.42. The van der Waals surface area contributed by atoms with Crippen LogP contribution in [-0.4, -0.2) is 41.5 Å². The molecule has 0 aliphatic rings. The zero-order chi connectivity index (χ0) is 21.7. The second-order valence-electron chi connectivity index (χ2n) is 7.04. The minimum atomic E-state index is -0.188. The largest absolute Gasteiger partial charge is 0.383 e. The number of nitrogens with one attached hydrogen (secondary N) is 1. The van der Waals surface area contributed by atoms with E-state index in [4.69, 9.17) is 16.3 Å². The van der Waals surface area contributed by atoms with Gasteiger partial charge in [-0.05, 0) is 35.7 Å². The number of hydrogen-bond acceptors (Lipinski definition) is 5. The minimum absolute atomic E-state index is 0.131. The summed E-state index contributed by atoms with van der Waals surface area (Å²) < 4.78 is 6.55. The van der Waals surface area contributed by atoms with Crippen LogP contribution in [0.2, 0.25) is 5.02 Å². The number of hydrogen-bond donors (Lipinski definition) is 1. The third-order valence-electron chi connectivity index (χ3n) is 4.56. The molecule has 1 amide bonds. The zero-order valence-electron chi connectivity index (χ0n) is 17.1. The fourth-order valence-electron chi connectivity index (χ4n) is 3.10. The lowest BCUT2D eigenvalue weighted by Crippen LogP contribution is -2.29. The van der Waals surface area contributed by atoms with Crippen molar-refractivity contribution in [1.29, 1.82) is 0 Å². The highest BCUT2D eigenvalue weighted by molar-refractivity contribution is 7.99. The van der Waals surface area contributed by atoms with Crippen molar-refractivity contribution < 1.29 is 9.53 Å². The van der Waals surface area contributed by atoms with Crippen molar-refractivity contribution in [2.24, 2.45) is 0 Å². The smallest absolute Gasteiger partial charge is 0.266 e. The quantitative estimate of drug-likeness (QED) is 0.322. The van der Waals surface area contributed by atoms with Gasteiger partial charge in [0.25, 0.3) is 5.56 Å². The molecule has 1 N–H and O–H groups in total. The van der Waals surface area contributed by atoms with Crippen LogP contribution in [-0.2, 0) is 9.53 Å². The standard InChI is InChI=1S/C22H24ClN3O3S/c1-14(2)16-6-4-5-7-19(16)26-21(28)17-9-8-15(23)12-18(17)25-22(26)30-13-20(27)24-10-11-29-3/h4-9,12,14H,10-11,13H2,1-3H3,(H,24,27). The Balaban J connectivity index is 2.09. The van der Waals surface area contributed by atoms with E-state index in [0.29, 0.717) is 34.2 Å². The SMILES string of the molecule is COCCNC(=O)CSc1nc2cc(Cl)ccc2c(=O)n1-c1ccccc1C(C)C. The first kappa shape index (κ1) is 22.3. The first-order valence-corrected chi connectivity index (χ1v) is 11.0. The van der Waals surface area contributed by atoms with E-state index in [-0.39, 0.29) is 23.1 Å². The summed E-state index contributed by atoms with van der Waals surface area (Å²) in [5, 5.41) is 4.21. The van der Waals surface area contributed by atoms with Crippen LogP contribution in [0.1, 0.15) is 25.3 Å². The van der Waals surface area contributed by atoms with Gasteiger partial charge in [-0.2, -0.15) is 0 Å². The molecule has 0 saturated heterocycles. The first-order chi connectivity index (χ1) is 14.4. The van der Waals surface area contributed by atoms with Crippen LogP contribution >= 0.6 is 23.4 Å². The predicted octanol–water partition coefficient (Wildman–Crippen LogP) is 4.02. The van der Waals surface area contributed by atoms with Gasteiger partial charge >= 0.3 is 0 Å². The molecule has 0 aliphatic heterocycles. The minimum Gasteiger partial charge on any atom is -0.383 e. The Labute approximate surface area is 184 Å². The number of thioether (sulfide) groups is 1. The summed E-state index contributed by atoms with van der Waals surface area (Å²) in [7, 11) is 1.58. The number of nitrogens with zero attached hydrogens (tertiary/aromatic N) is 2. The highest BCUT2D eigenvalue weighted by atomic mass is 35.5. The summed E-state index contributed by atoms with van der Waals surface area (Å²) >= 11 is 7.33. The lowest BCUT2D eigenvalue weighted by Gasteiger charge is -2.18. The molecule has 0 fully saturated rings. The maximum atomic E-state index is 13.4. The van der Waals surface area contributed by atoms with Gasteiger partial charge in [0.2, 0.25) is 5.91 Å². The summed E-state index contributed by atoms with van der Waals surface area (Å²) in [6.07, 6.45) is 0. The van der Waals surface area contributed by atoms with Crippen molar-refractivity contribution in [3.8, 4) is 5.69 Å². The molecule has 1 aromatic heterocycles. The highest BCUT2D eigenvalue weighted by Crippen LogP contribution is 2.27. The van der Waals surface area contributed by atoms with E-state index in [2.05, 4.69) is 24.1 Å². The van der Waals surface area contributed by atoms with Gasteiger partial charge in [0.05, 0.1) is 29.0 Å². The molecule has 3 rings (SSSR count). The van der Waals surface area contributed by atoms with Gasteiger partial charge in [0.1, 0.15) is 0 Å². The number of para-hydroxylation sites is 1. The van der Waals surface area contributed by atoms with Gasteiger partial charge in [-0.1, -0.05) is 55.4 Å². The molecular weight excluding hydrogens is 422 g/mol. The van der Waals surface area contributed by atoms with Crippen molar-refractivity contribution in [2.75, 3.05) is 26.0 Å². The number of carbonyl (C=O) groups is 1. The van der Waals surface area contributed by atoms with E-state index in [1.54, 1.807) is 29.9 Å². The van der Waals surface area contributed by atoms with Crippen LogP contribution in [0.5, 0.6) is 0 Å². The number of fused-ring (bicyclic) bond motifs is 1. The number of carbonyl (C=O) groups excluding carboxylic acids is 1. The number of ether oxygens (including phenoxy) is 1. The van der Waals surface area contributed by atoms with E-state index in [1.165, 1.54) is 11.8 Å². The molecule has 3 aromatic rings. The van der Waals surface area contributed by atoms with Crippen molar-refractivity contribution in [3.63, 3.8) is 0 Å². The number of halogens is 1. The summed E-state index contributed by atoms with van der Waals surface area (Å²) in [6, 6.07) is 12.8. The van der Waals surface area contributed by atoms with Crippen molar-refractivity contribution >= 4 is 40.2 Å². The van der Waals surface area contributed by atoms with E-state index in [1.807, 2.05) is 24.3 Å². The van der Waals surface area contributed by atoms with Crippen molar-refractivity contribution in [1.82, 2.24) is 14.9 Å². The van der Waals surface area contributed by atoms with Crippen LogP contribution in [0.15, 0.2) is 52.4 Å². The summed E-state index contributed by atoms with van der Waals surface area (Å²) in [4.78, 5) is 30.3. The van der Waals surface area contributed by atoms with E-state index >= 15 is 0 Å². The molecule has 2 aromatic carbocycles. The Morgan fingerprint density at radius 3 is 2.77 bits per heavy atom. The molecule has 0 saturated carbocycles. The number of aromatic nitrogens is 2. The van der Waals surface area contributed by atoms with Crippen molar-refractivity contribution in [3.05, 3.63) is 63.4 Å². The molecule has 30 heavy (non-hydrogen) atoms. The summed E-state index contributed by atoms with van der Waals surface area (Å²) in [6.45, 7) is 5.03. The van der Waals surface area contributed by atoms with Crippen LogP contribution in [0.4, 0.5) is 0 Å². The molecule has 0 unspecified atom stereocenters. The fourth-order valence-corrected chi connectivity index (χ4v) is 4.10. The highest BCUT2D eigenvalue weighted by Gasteiger charge is 2.18. The number of rotatable bonds is 8. The Morgan fingerprint density at radius 2 is 2.03 bits per heavy atom. The number of amides is 1. The molecule has 8 heteroatoms. The topological polar surface area (TPSA) is 73.2 Å². The average molecular weight is 446 g/mol. The maximum absolute atomic E-state index is 13.4. The zero-order valence-corrected chi connectivity index (χ0v) is 18.7. The molecule has 158 valence electrons. The van der Waals surface area contributed by atoms with Gasteiger partial charge in [-0.3, -0.25) is 14.2 Å². The Hall–Kier alpha value is -2.35. The van der Waals surface area contributed by atoms with Crippen molar-refractivity contribution in [2.45, 2.75) is 24.9 Å². The fraction of sp³-hybridized carbons (Fsp3) is 0.318. The second kappa shape index (κ2) is 10.1. The van der Waals surface area contributed by atoms with Crippen LogP contribution in [0, 0.1) is 0 Å². The third kappa shape index (κ3) is 5.03. The predicted molar refractivity (Wildman–Crippen MR) is 122 cm³/mol. The van der Waals surface area contributed by atoms with E-state index in [0.717, 1.165) is 11.3 Å². The molecule has 0 atom stereocenters. The van der Waals surface area contributed by atoms with Gasteiger partial charge in [0, 0.05) is 18.7 Å². The van der Waals surface area contributed by atoms with Crippen LogP contribution in [0.3, 0.4) is 0 Å². The maximum Gasteiger partial charge on any atom is 0.266 e. The van der Waals surface area contributed by atoms with Crippen LogP contribution in [0.25, 0.3) is 16.6 Å². The van der Waals surface area contributed by atoms with Gasteiger partial charge in [-0.25, -0.2) is 4.98 Å². The van der Waals surface area contributed by atoms with E-state index < -0.39 is 0 Å². The van der Waals surface area contributed by atoms with E-state index in [9.17, 15) is 9.59 Å². The normalized spacial score (nSPS) is 11.2. The van der Waals surface area contributed by atoms with Gasteiger partial charge in [0.15, 0.2) is 5.16 Å². The summed E-state index contributed by atoms with van der Waals surface area (Å²) in [5.74, 6) is 0.192. The molecule has 6 nitrogen and oxygen atoms in total. The number of methoxy groups -OCH3 is 1. The molecule has 0 spiro atoms. The van der Waals surface area contributed by atoms with Gasteiger partial charge in [-0.15, -0.1) is 0 Å². The number of benzene rings is 2. The Morgan fingerprint density at radius 1 is 1.27 bits per heavy atom. The lowest BCUT2D eigenvalue weighted by molar-refractivity contribution is -0.118. The monoisotopic (exact) mass is 445 g/mol. The van der Waals surface area contributed by atoms with Gasteiger partial charge < -0.3 is 10.1 Å². The molecule has 0 bridgehead atoms. The Bertz CT molecular complexity index is 1110. The Kier molecular flexibility index (Phi) is 7.53. The van der Waals surface area contributed by atoms with Crippen LogP contribution < -0.4 is 10.9 Å². The lowest BCUT2D eigenvalue weighted by atomic mass is 10.0. The molecule has 0 aliphatic carbocycles. The summed E-state index contributed by atoms with van der Waals surface area (Å²) in [5.41, 5.74) is 2.12. The molecule has 0 radical (unpaired) electrons. The first-order valence-electron chi connectivity index (χ1n) is 9.62. The molecular formula is C22H24ClN3O3S. The molecule has 1 heterocycles. The third-order valence-corrected chi connectivity index (χ3v) is 5.73.